The summed E-state index contributed by atoms with van der Waals surface area (Å²) in [7, 11) is 0. The van der Waals surface area contributed by atoms with Crippen molar-refractivity contribution in [2.45, 2.75) is 72.4 Å². The zero-order valence-electron chi connectivity index (χ0n) is 17.3. The van der Waals surface area contributed by atoms with E-state index in [1.54, 1.807) is 20.8 Å². The topological polar surface area (TPSA) is 160 Å². The average molecular weight is 392 g/mol. The molecule has 0 radical (unpaired) electrons. The second-order valence-electron chi connectivity index (χ2n) is 6.57. The van der Waals surface area contributed by atoms with E-state index in [0.29, 0.717) is 19.4 Å². The molecule has 1 atom stereocenters. The molecule has 10 nitrogen and oxygen atoms in total. The Labute approximate surface area is 161 Å². The lowest BCUT2D eigenvalue weighted by molar-refractivity contribution is -0.123. The Morgan fingerprint density at radius 1 is 1.19 bits per heavy atom. The number of nitrogens with one attached hydrogen (secondary N) is 3. The highest BCUT2D eigenvalue weighted by Gasteiger charge is 2.16. The molecule has 0 aromatic heterocycles. The predicted octanol–water partition coefficient (Wildman–Crippen LogP) is 1.58. The maximum atomic E-state index is 11.6. The molecule has 0 heterocycles. The number of carboxylic acid groups (broad SMARTS) is 1. The van der Waals surface area contributed by atoms with Crippen molar-refractivity contribution in [3.8, 4) is 0 Å². The van der Waals surface area contributed by atoms with Gasteiger partial charge in [0, 0.05) is 12.6 Å². The smallest absolute Gasteiger partial charge is 0.408 e. The molecule has 0 spiro atoms. The number of amides is 4. The molecule has 0 aliphatic rings. The first kappa shape index (κ1) is 29.3. The summed E-state index contributed by atoms with van der Waals surface area (Å²) in [4.78, 5) is 41.8. The van der Waals surface area contributed by atoms with Gasteiger partial charge in [-0.2, -0.15) is 0 Å². The Balaban J connectivity index is -0.000000840. The number of ether oxygens (including phenoxy) is 1. The van der Waals surface area contributed by atoms with E-state index >= 15 is 0 Å². The fourth-order valence-corrected chi connectivity index (χ4v) is 1.48. The van der Waals surface area contributed by atoms with Gasteiger partial charge in [-0.05, 0) is 40.5 Å². The quantitative estimate of drug-likeness (QED) is 0.326. The van der Waals surface area contributed by atoms with Crippen molar-refractivity contribution in [3.05, 3.63) is 0 Å². The van der Waals surface area contributed by atoms with E-state index in [2.05, 4.69) is 29.8 Å². The minimum absolute atomic E-state index is 0.0624. The molecule has 6 N–H and O–H groups in total. The van der Waals surface area contributed by atoms with E-state index in [9.17, 15) is 14.4 Å². The van der Waals surface area contributed by atoms with E-state index in [1.165, 1.54) is 6.42 Å². The van der Waals surface area contributed by atoms with Gasteiger partial charge in [0.05, 0.1) is 0 Å². The largest absolute Gasteiger partial charge is 0.483 e. The van der Waals surface area contributed by atoms with Crippen molar-refractivity contribution in [1.82, 2.24) is 16.0 Å². The van der Waals surface area contributed by atoms with Crippen molar-refractivity contribution >= 4 is 24.5 Å². The number of carbonyl (C=O) groups excluding carboxylic acids is 3. The summed E-state index contributed by atoms with van der Waals surface area (Å²) >= 11 is 0. The fraction of sp³-hybridized carbons (Fsp3) is 0.765. The van der Waals surface area contributed by atoms with E-state index < -0.39 is 17.7 Å². The van der Waals surface area contributed by atoms with Gasteiger partial charge in [0.2, 0.25) is 5.91 Å². The molecular formula is C17H36N4O6. The molecule has 0 saturated heterocycles. The van der Waals surface area contributed by atoms with Gasteiger partial charge >= 0.3 is 12.1 Å². The number of hydrogen-bond donors (Lipinski definition) is 5. The van der Waals surface area contributed by atoms with E-state index in [0.717, 1.165) is 0 Å². The first-order chi connectivity index (χ1) is 12.4. The lowest BCUT2D eigenvalue weighted by Gasteiger charge is -2.20. The maximum absolute atomic E-state index is 11.6. The molecule has 0 aromatic rings. The molecule has 0 rings (SSSR count). The molecule has 0 aliphatic heterocycles. The normalized spacial score (nSPS) is 10.6. The summed E-state index contributed by atoms with van der Waals surface area (Å²) in [5, 5.41) is 14.5. The summed E-state index contributed by atoms with van der Waals surface area (Å²) in [5.74, 6) is -0.295. The first-order valence-electron chi connectivity index (χ1n) is 8.80. The third kappa shape index (κ3) is 31.7. The van der Waals surface area contributed by atoms with Gasteiger partial charge < -0.3 is 31.5 Å². The van der Waals surface area contributed by atoms with Crippen molar-refractivity contribution in [2.24, 2.45) is 5.73 Å². The Morgan fingerprint density at radius 3 is 2.07 bits per heavy atom. The Morgan fingerprint density at radius 2 is 1.67 bits per heavy atom. The van der Waals surface area contributed by atoms with Crippen molar-refractivity contribution in [2.75, 3.05) is 13.1 Å². The van der Waals surface area contributed by atoms with E-state index in [4.69, 9.17) is 20.4 Å². The Hall–Kier alpha value is -2.52. The minimum atomic E-state index is -0.629. The molecule has 0 bridgehead atoms. The third-order valence-electron chi connectivity index (χ3n) is 2.31. The first-order valence-corrected chi connectivity index (χ1v) is 8.80. The van der Waals surface area contributed by atoms with Gasteiger partial charge in [0.15, 0.2) is 0 Å². The molecule has 27 heavy (non-hydrogen) atoms. The third-order valence-corrected chi connectivity index (χ3v) is 2.31. The summed E-state index contributed by atoms with van der Waals surface area (Å²) < 4.78 is 5.01. The zero-order valence-corrected chi connectivity index (χ0v) is 17.3. The van der Waals surface area contributed by atoms with Gasteiger partial charge in [-0.3, -0.25) is 9.59 Å². The van der Waals surface area contributed by atoms with Gasteiger partial charge in [-0.15, -0.1) is 0 Å². The van der Waals surface area contributed by atoms with Gasteiger partial charge in [-0.25, -0.2) is 9.59 Å². The molecule has 1 unspecified atom stereocenters. The molecule has 0 aromatic carbocycles. The van der Waals surface area contributed by atoms with Crippen molar-refractivity contribution in [3.63, 3.8) is 0 Å². The number of urea groups is 1. The highest BCUT2D eigenvalue weighted by Crippen LogP contribution is 2.06. The van der Waals surface area contributed by atoms with Gasteiger partial charge in [0.25, 0.3) is 6.47 Å². The molecular weight excluding hydrogens is 356 g/mol. The van der Waals surface area contributed by atoms with Crippen LogP contribution in [0.1, 0.15) is 60.8 Å². The SMILES string of the molecule is CC(CCCNC(N)=O)NC(=O)CNC(=O)OC(C)(C)C.CCC.O=CO. The van der Waals surface area contributed by atoms with Crippen LogP contribution in [0.5, 0.6) is 0 Å². The molecule has 4 amide bonds. The number of nitrogens with two attached hydrogens (primary N) is 1. The van der Waals surface area contributed by atoms with Crippen molar-refractivity contribution < 1.29 is 29.0 Å². The summed E-state index contributed by atoms with van der Waals surface area (Å²) in [6.45, 7) is 11.4. The Bertz CT molecular complexity index is 424. The van der Waals surface area contributed by atoms with Crippen LogP contribution in [-0.4, -0.2) is 54.3 Å². The van der Waals surface area contributed by atoms with Gasteiger partial charge in [-0.1, -0.05) is 20.3 Å². The summed E-state index contributed by atoms with van der Waals surface area (Å²) in [6, 6.07) is -0.624. The lowest BCUT2D eigenvalue weighted by Crippen LogP contribution is -2.42. The number of primary amides is 1. The standard InChI is InChI=1S/C13H26N4O4.C3H8.CH2O2/c1-9(6-5-7-15-11(14)19)17-10(18)8-16-12(20)21-13(2,3)4;1-3-2;2-1-3/h9H,5-8H2,1-4H3,(H,16,20)(H,17,18)(H3,14,15,19);3H2,1-2H3;1H,(H,2,3). The van der Waals surface area contributed by atoms with E-state index in [-0.39, 0.29) is 25.0 Å². The van der Waals surface area contributed by atoms with E-state index in [1.807, 2.05) is 6.92 Å². The second-order valence-corrected chi connectivity index (χ2v) is 6.57. The fourth-order valence-electron chi connectivity index (χ4n) is 1.48. The van der Waals surface area contributed by atoms with Crippen LogP contribution in [0.3, 0.4) is 0 Å². The molecule has 0 saturated carbocycles. The number of rotatable bonds is 7. The van der Waals surface area contributed by atoms with Crippen LogP contribution < -0.4 is 21.7 Å². The highest BCUT2D eigenvalue weighted by molar-refractivity contribution is 5.82. The molecule has 160 valence electrons. The van der Waals surface area contributed by atoms with Gasteiger partial charge in [0.1, 0.15) is 12.1 Å². The van der Waals surface area contributed by atoms with Crippen molar-refractivity contribution in [1.29, 1.82) is 0 Å². The van der Waals surface area contributed by atoms with Crippen LogP contribution in [-0.2, 0) is 14.3 Å². The minimum Gasteiger partial charge on any atom is -0.483 e. The number of alkyl carbamates (subject to hydrolysis) is 1. The predicted molar refractivity (Wildman–Crippen MR) is 103 cm³/mol. The summed E-state index contributed by atoms with van der Waals surface area (Å²) in [5.41, 5.74) is 4.33. The molecule has 0 fully saturated rings. The van der Waals surface area contributed by atoms with Crippen LogP contribution in [0.2, 0.25) is 0 Å². The lowest BCUT2D eigenvalue weighted by atomic mass is 10.2. The maximum Gasteiger partial charge on any atom is 0.408 e. The van der Waals surface area contributed by atoms with Crippen LogP contribution in [0.4, 0.5) is 9.59 Å². The molecule has 10 heteroatoms. The zero-order chi connectivity index (χ0) is 21.9. The monoisotopic (exact) mass is 392 g/mol. The number of hydrogen-bond acceptors (Lipinski definition) is 5. The van der Waals surface area contributed by atoms with Crippen LogP contribution >= 0.6 is 0 Å². The van der Waals surface area contributed by atoms with Crippen LogP contribution in [0, 0.1) is 0 Å². The second kappa shape index (κ2) is 18.3. The summed E-state index contributed by atoms with van der Waals surface area (Å²) in [6.07, 6.45) is 2.01. The average Bonchev–Trinajstić information content (AvgIpc) is 2.49. The highest BCUT2D eigenvalue weighted by atomic mass is 16.6. The molecule has 0 aliphatic carbocycles. The Kier molecular flexibility index (Phi) is 19.8. The van der Waals surface area contributed by atoms with Crippen LogP contribution in [0.15, 0.2) is 0 Å². The number of carbonyl (C=O) groups is 4. The van der Waals surface area contributed by atoms with Crippen LogP contribution in [0.25, 0.3) is 0 Å².